The Hall–Kier alpha value is -1.60. The van der Waals surface area contributed by atoms with Crippen molar-refractivity contribution < 1.29 is 22.0 Å². The van der Waals surface area contributed by atoms with Crippen LogP contribution in [0.1, 0.15) is 17.6 Å². The van der Waals surface area contributed by atoms with Gasteiger partial charge in [-0.25, -0.2) is 13.8 Å². The highest BCUT2D eigenvalue weighted by molar-refractivity contribution is 5.53. The van der Waals surface area contributed by atoms with Crippen LogP contribution in [0.15, 0.2) is 6.07 Å². The summed E-state index contributed by atoms with van der Waals surface area (Å²) in [6.07, 6.45) is -8.29. The number of nitrogen functional groups attached to an aromatic ring is 2. The Morgan fingerprint density at radius 1 is 1.20 bits per heavy atom. The lowest BCUT2D eigenvalue weighted by molar-refractivity contribution is -0.139. The van der Waals surface area contributed by atoms with Gasteiger partial charge < -0.3 is 11.5 Å². The molecule has 1 heterocycles. The summed E-state index contributed by atoms with van der Waals surface area (Å²) in [4.78, 5) is 3.14. The molecule has 0 fully saturated rings. The maximum Gasteiger partial charge on any atom is 0.417 e. The van der Waals surface area contributed by atoms with Gasteiger partial charge in [-0.3, -0.25) is 0 Å². The minimum absolute atomic E-state index is 0.331. The van der Waals surface area contributed by atoms with Crippen molar-refractivity contribution in [3.8, 4) is 0 Å². The highest BCUT2D eigenvalue weighted by Gasteiger charge is 2.37. The molecule has 0 aliphatic heterocycles. The second-order valence-corrected chi connectivity index (χ2v) is 2.69. The van der Waals surface area contributed by atoms with E-state index in [-0.39, 0.29) is 0 Å². The van der Waals surface area contributed by atoms with E-state index in [0.29, 0.717) is 6.07 Å². The predicted octanol–water partition coefficient (Wildman–Crippen LogP) is 2.20. The first-order valence-electron chi connectivity index (χ1n) is 3.64. The number of nitrogens with zero attached hydrogens (tertiary/aromatic N) is 1. The van der Waals surface area contributed by atoms with Crippen LogP contribution in [0.3, 0.4) is 0 Å². The lowest BCUT2D eigenvalue weighted by atomic mass is 10.1. The first-order chi connectivity index (χ1) is 6.73. The minimum Gasteiger partial charge on any atom is -0.384 e. The lowest BCUT2D eigenvalue weighted by Gasteiger charge is -2.14. The van der Waals surface area contributed by atoms with Crippen molar-refractivity contribution in [1.29, 1.82) is 0 Å². The van der Waals surface area contributed by atoms with Crippen molar-refractivity contribution in [1.82, 2.24) is 4.98 Å². The SMILES string of the molecule is Nc1cc(C(F)(F)F)c(C(F)F)c(N)n1. The van der Waals surface area contributed by atoms with Gasteiger partial charge in [0, 0.05) is 0 Å². The zero-order chi connectivity index (χ0) is 11.8. The molecule has 0 aliphatic carbocycles. The van der Waals surface area contributed by atoms with Gasteiger partial charge in [-0.05, 0) is 6.07 Å². The van der Waals surface area contributed by atoms with Crippen LogP contribution in [0.4, 0.5) is 33.6 Å². The number of nitrogens with two attached hydrogens (primary N) is 2. The zero-order valence-electron chi connectivity index (χ0n) is 7.15. The second kappa shape index (κ2) is 3.52. The van der Waals surface area contributed by atoms with Crippen LogP contribution < -0.4 is 11.5 Å². The van der Waals surface area contributed by atoms with Gasteiger partial charge in [-0.2, -0.15) is 13.2 Å². The summed E-state index contributed by atoms with van der Waals surface area (Å²) in [5, 5.41) is 0. The molecule has 0 amide bonds. The van der Waals surface area contributed by atoms with Crippen molar-refractivity contribution in [2.75, 3.05) is 11.5 Å². The molecule has 0 atom stereocenters. The van der Waals surface area contributed by atoms with E-state index in [1.807, 2.05) is 0 Å². The van der Waals surface area contributed by atoms with Crippen LogP contribution in [-0.4, -0.2) is 4.98 Å². The monoisotopic (exact) mass is 227 g/mol. The Labute approximate surface area is 80.9 Å². The normalized spacial score (nSPS) is 12.1. The highest BCUT2D eigenvalue weighted by atomic mass is 19.4. The number of anilines is 2. The second-order valence-electron chi connectivity index (χ2n) is 2.69. The quantitative estimate of drug-likeness (QED) is 0.723. The van der Waals surface area contributed by atoms with Gasteiger partial charge in [0.15, 0.2) is 0 Å². The molecule has 15 heavy (non-hydrogen) atoms. The number of halogens is 5. The van der Waals surface area contributed by atoms with Gasteiger partial charge in [0.25, 0.3) is 6.43 Å². The summed E-state index contributed by atoms with van der Waals surface area (Å²) in [6, 6.07) is 0.331. The highest BCUT2D eigenvalue weighted by Crippen LogP contribution is 2.39. The molecular formula is C7H6F5N3. The van der Waals surface area contributed by atoms with E-state index >= 15 is 0 Å². The number of hydrogen-bond donors (Lipinski definition) is 2. The standard InChI is InChI=1S/C7H6F5N3/c8-5(9)4-2(7(10,11)12)1-3(13)15-6(4)14/h1,5H,(H4,13,14,15). The first kappa shape index (κ1) is 11.5. The summed E-state index contributed by atoms with van der Waals surface area (Å²) >= 11 is 0. The molecule has 0 radical (unpaired) electrons. The van der Waals surface area contributed by atoms with Crippen molar-refractivity contribution in [2.24, 2.45) is 0 Å². The third-order valence-electron chi connectivity index (χ3n) is 1.63. The maximum atomic E-state index is 12.3. The largest absolute Gasteiger partial charge is 0.417 e. The predicted molar refractivity (Wildman–Crippen MR) is 43.0 cm³/mol. The van der Waals surface area contributed by atoms with E-state index in [0.717, 1.165) is 0 Å². The molecule has 0 bridgehead atoms. The number of rotatable bonds is 1. The average Bonchev–Trinajstić information content (AvgIpc) is 1.99. The van der Waals surface area contributed by atoms with E-state index in [1.54, 1.807) is 0 Å². The zero-order valence-corrected chi connectivity index (χ0v) is 7.15. The molecular weight excluding hydrogens is 221 g/mol. The minimum atomic E-state index is -4.93. The third kappa shape index (κ3) is 2.25. The fourth-order valence-electron chi connectivity index (χ4n) is 1.06. The van der Waals surface area contributed by atoms with Crippen molar-refractivity contribution in [3.63, 3.8) is 0 Å². The van der Waals surface area contributed by atoms with Crippen LogP contribution in [0.25, 0.3) is 0 Å². The van der Waals surface area contributed by atoms with Crippen LogP contribution in [0.5, 0.6) is 0 Å². The van der Waals surface area contributed by atoms with Crippen molar-refractivity contribution in [3.05, 3.63) is 17.2 Å². The molecule has 8 heteroatoms. The summed E-state index contributed by atoms with van der Waals surface area (Å²) in [5.74, 6) is -1.46. The molecule has 0 aromatic carbocycles. The summed E-state index contributed by atoms with van der Waals surface area (Å²) < 4.78 is 61.5. The Balaban J connectivity index is 3.47. The maximum absolute atomic E-state index is 12.3. The van der Waals surface area contributed by atoms with E-state index in [9.17, 15) is 22.0 Å². The van der Waals surface area contributed by atoms with E-state index in [2.05, 4.69) is 4.98 Å². The molecule has 1 rings (SSSR count). The number of alkyl halides is 5. The third-order valence-corrected chi connectivity index (χ3v) is 1.63. The number of hydrogen-bond acceptors (Lipinski definition) is 3. The Morgan fingerprint density at radius 2 is 1.73 bits per heavy atom. The van der Waals surface area contributed by atoms with Gasteiger partial charge in [0.05, 0.1) is 11.1 Å². The fourth-order valence-corrected chi connectivity index (χ4v) is 1.06. The van der Waals surface area contributed by atoms with Gasteiger partial charge in [-0.1, -0.05) is 0 Å². The summed E-state index contributed by atoms with van der Waals surface area (Å²) in [6.45, 7) is 0. The average molecular weight is 227 g/mol. The first-order valence-corrected chi connectivity index (χ1v) is 3.64. The molecule has 4 N–H and O–H groups in total. The van der Waals surface area contributed by atoms with Crippen LogP contribution in [-0.2, 0) is 6.18 Å². The Kier molecular flexibility index (Phi) is 2.69. The number of pyridine rings is 1. The molecule has 0 aliphatic rings. The van der Waals surface area contributed by atoms with Crippen LogP contribution in [0.2, 0.25) is 0 Å². The van der Waals surface area contributed by atoms with Gasteiger partial charge in [-0.15, -0.1) is 0 Å². The van der Waals surface area contributed by atoms with E-state index in [1.165, 1.54) is 0 Å². The molecule has 0 saturated heterocycles. The van der Waals surface area contributed by atoms with Gasteiger partial charge in [0.1, 0.15) is 11.6 Å². The molecule has 0 unspecified atom stereocenters. The molecule has 1 aromatic rings. The van der Waals surface area contributed by atoms with Crippen molar-refractivity contribution >= 4 is 11.6 Å². The summed E-state index contributed by atoms with van der Waals surface area (Å²) in [5.41, 5.74) is 7.05. The summed E-state index contributed by atoms with van der Waals surface area (Å²) in [7, 11) is 0. The van der Waals surface area contributed by atoms with E-state index < -0.39 is 35.4 Å². The Bertz CT molecular complexity index is 374. The molecule has 0 saturated carbocycles. The fraction of sp³-hybridized carbons (Fsp3) is 0.286. The number of aromatic nitrogens is 1. The Morgan fingerprint density at radius 3 is 2.13 bits per heavy atom. The lowest BCUT2D eigenvalue weighted by Crippen LogP contribution is -2.14. The topological polar surface area (TPSA) is 64.9 Å². The van der Waals surface area contributed by atoms with Crippen LogP contribution in [0, 0.1) is 0 Å². The van der Waals surface area contributed by atoms with E-state index in [4.69, 9.17) is 11.5 Å². The molecule has 0 spiro atoms. The van der Waals surface area contributed by atoms with Crippen LogP contribution >= 0.6 is 0 Å². The smallest absolute Gasteiger partial charge is 0.384 e. The molecule has 84 valence electrons. The van der Waals surface area contributed by atoms with Gasteiger partial charge in [0.2, 0.25) is 0 Å². The van der Waals surface area contributed by atoms with Gasteiger partial charge >= 0.3 is 6.18 Å². The molecule has 3 nitrogen and oxygen atoms in total. The molecule has 1 aromatic heterocycles. The van der Waals surface area contributed by atoms with Crippen molar-refractivity contribution in [2.45, 2.75) is 12.6 Å².